The number of fused-ring (bicyclic) bond motifs is 2. The van der Waals surface area contributed by atoms with Crippen LogP contribution in [0.25, 0.3) is 0 Å². The van der Waals surface area contributed by atoms with Crippen LogP contribution in [0.1, 0.15) is 26.2 Å². The summed E-state index contributed by atoms with van der Waals surface area (Å²) >= 11 is 0. The van der Waals surface area contributed by atoms with Crippen molar-refractivity contribution in [3.63, 3.8) is 0 Å². The quantitative estimate of drug-likeness (QED) is 0.619. The second-order valence-electron chi connectivity index (χ2n) is 5.63. The van der Waals surface area contributed by atoms with Gasteiger partial charge in [-0.25, -0.2) is 0 Å². The van der Waals surface area contributed by atoms with E-state index in [1.807, 2.05) is 37.3 Å². The van der Waals surface area contributed by atoms with E-state index < -0.39 is 5.41 Å². The van der Waals surface area contributed by atoms with Gasteiger partial charge >= 0.3 is 0 Å². The summed E-state index contributed by atoms with van der Waals surface area (Å²) in [7, 11) is 0. The molecule has 1 saturated heterocycles. The fraction of sp³-hybridized carbons (Fsp3) is 0.444. The lowest BCUT2D eigenvalue weighted by Crippen LogP contribution is -2.42. The highest BCUT2D eigenvalue weighted by atomic mass is 15.0. The van der Waals surface area contributed by atoms with Gasteiger partial charge in [0, 0.05) is 24.4 Å². The van der Waals surface area contributed by atoms with Crippen LogP contribution >= 0.6 is 0 Å². The van der Waals surface area contributed by atoms with Gasteiger partial charge in [0.15, 0.2) is 5.41 Å². The molecular formula is C18H21N3. The van der Waals surface area contributed by atoms with Gasteiger partial charge in [-0.05, 0) is 25.3 Å². The molecule has 3 heteroatoms. The van der Waals surface area contributed by atoms with Crippen molar-refractivity contribution in [1.82, 2.24) is 5.32 Å². The first kappa shape index (κ1) is 15.3. The smallest absolute Gasteiger partial charge is 0.168 e. The maximum Gasteiger partial charge on any atom is 0.168 e. The fourth-order valence-electron chi connectivity index (χ4n) is 3.28. The van der Waals surface area contributed by atoms with E-state index >= 15 is 0 Å². The molecule has 0 amide bonds. The Labute approximate surface area is 127 Å². The lowest BCUT2D eigenvalue weighted by atomic mass is 9.70. The molecule has 0 aliphatic carbocycles. The summed E-state index contributed by atoms with van der Waals surface area (Å²) in [5, 5.41) is 22.9. The van der Waals surface area contributed by atoms with Crippen LogP contribution in [-0.2, 0) is 0 Å². The molecule has 0 saturated carbocycles. The van der Waals surface area contributed by atoms with E-state index in [1.165, 1.54) is 0 Å². The van der Waals surface area contributed by atoms with Gasteiger partial charge in [0.25, 0.3) is 0 Å². The van der Waals surface area contributed by atoms with Crippen LogP contribution in [0.5, 0.6) is 0 Å². The molecule has 1 N–H and O–H groups in total. The van der Waals surface area contributed by atoms with Crippen molar-refractivity contribution in [1.29, 1.82) is 10.5 Å². The van der Waals surface area contributed by atoms with E-state index in [1.54, 1.807) is 0 Å². The molecule has 3 nitrogen and oxygen atoms in total. The number of allylic oxidation sites excluding steroid dienone is 4. The Kier molecular flexibility index (Phi) is 4.78. The van der Waals surface area contributed by atoms with Crippen LogP contribution < -0.4 is 5.32 Å². The Morgan fingerprint density at radius 2 is 2.14 bits per heavy atom. The average molecular weight is 279 g/mol. The molecule has 2 heterocycles. The minimum atomic E-state index is -1.08. The summed E-state index contributed by atoms with van der Waals surface area (Å²) in [6.07, 6.45) is 14.1. The molecule has 3 atom stereocenters. The Morgan fingerprint density at radius 1 is 1.38 bits per heavy atom. The van der Waals surface area contributed by atoms with E-state index in [4.69, 9.17) is 0 Å². The van der Waals surface area contributed by atoms with Crippen molar-refractivity contribution in [2.24, 2.45) is 11.3 Å². The summed E-state index contributed by atoms with van der Waals surface area (Å²) in [4.78, 5) is 0. The SMILES string of the molecule is C=C[C@@H]1C(C(C#N)(C#N)C/C=C/C=C/C)=C[C@H]2CCC1N2. The van der Waals surface area contributed by atoms with Crippen LogP contribution in [0.4, 0.5) is 0 Å². The third-order valence-corrected chi connectivity index (χ3v) is 4.38. The predicted octanol–water partition coefficient (Wildman–Crippen LogP) is 3.41. The summed E-state index contributed by atoms with van der Waals surface area (Å²) in [6.45, 7) is 5.85. The van der Waals surface area contributed by atoms with Gasteiger partial charge < -0.3 is 5.32 Å². The van der Waals surface area contributed by atoms with Crippen LogP contribution in [-0.4, -0.2) is 12.1 Å². The average Bonchev–Trinajstić information content (AvgIpc) is 2.90. The molecule has 0 aromatic heterocycles. The van der Waals surface area contributed by atoms with Gasteiger partial charge in [0.2, 0.25) is 0 Å². The van der Waals surface area contributed by atoms with E-state index in [-0.39, 0.29) is 5.92 Å². The van der Waals surface area contributed by atoms with E-state index in [2.05, 4.69) is 30.1 Å². The van der Waals surface area contributed by atoms with Gasteiger partial charge in [0.1, 0.15) is 0 Å². The highest BCUT2D eigenvalue weighted by Crippen LogP contribution is 2.43. The molecule has 108 valence electrons. The molecular weight excluding hydrogens is 258 g/mol. The second kappa shape index (κ2) is 6.57. The van der Waals surface area contributed by atoms with Gasteiger partial charge in [0.05, 0.1) is 12.1 Å². The van der Waals surface area contributed by atoms with Crippen molar-refractivity contribution in [2.45, 2.75) is 38.3 Å². The van der Waals surface area contributed by atoms with Crippen molar-refractivity contribution in [2.75, 3.05) is 0 Å². The molecule has 21 heavy (non-hydrogen) atoms. The maximum absolute atomic E-state index is 9.67. The zero-order valence-electron chi connectivity index (χ0n) is 12.4. The maximum atomic E-state index is 9.67. The van der Waals surface area contributed by atoms with Gasteiger partial charge in [-0.3, -0.25) is 0 Å². The number of nitrogens with one attached hydrogen (secondary N) is 1. The highest BCUT2D eigenvalue weighted by Gasteiger charge is 2.44. The normalized spacial score (nSPS) is 28.3. The Hall–Kier alpha value is -2.10. The Morgan fingerprint density at radius 3 is 2.76 bits per heavy atom. The van der Waals surface area contributed by atoms with E-state index in [0.29, 0.717) is 18.5 Å². The third kappa shape index (κ3) is 2.84. The zero-order chi connectivity index (χ0) is 15.3. The van der Waals surface area contributed by atoms with Crippen molar-refractivity contribution < 1.29 is 0 Å². The minimum Gasteiger partial charge on any atom is -0.307 e. The standard InChI is InChI=1S/C18H21N3/c1-3-5-6-7-10-18(12-19,13-20)16-11-14-8-9-17(21-14)15(16)4-2/h3-7,11,14-15,17,21H,2,8-10H2,1H3/b5-3+,7-6+/t14-,15-,17?/m1/s1. The van der Waals surface area contributed by atoms with Crippen LogP contribution in [0.3, 0.4) is 0 Å². The highest BCUT2D eigenvalue weighted by molar-refractivity contribution is 5.41. The van der Waals surface area contributed by atoms with E-state index in [0.717, 1.165) is 18.4 Å². The molecule has 2 aliphatic rings. The lowest BCUT2D eigenvalue weighted by molar-refractivity contribution is 0.419. The molecule has 0 aromatic rings. The fourth-order valence-corrected chi connectivity index (χ4v) is 3.28. The second-order valence-corrected chi connectivity index (χ2v) is 5.63. The minimum absolute atomic E-state index is 0.0677. The number of nitrogens with zero attached hydrogens (tertiary/aromatic N) is 2. The largest absolute Gasteiger partial charge is 0.307 e. The first-order chi connectivity index (χ1) is 10.2. The zero-order valence-corrected chi connectivity index (χ0v) is 12.4. The molecule has 2 rings (SSSR count). The Bertz CT molecular complexity index is 554. The molecule has 0 radical (unpaired) electrons. The molecule has 1 fully saturated rings. The lowest BCUT2D eigenvalue weighted by Gasteiger charge is -2.34. The van der Waals surface area contributed by atoms with Crippen LogP contribution in [0.2, 0.25) is 0 Å². The number of hydrogen-bond acceptors (Lipinski definition) is 3. The van der Waals surface area contributed by atoms with Gasteiger partial charge in [-0.15, -0.1) is 6.58 Å². The Balaban J connectivity index is 2.35. The van der Waals surface area contributed by atoms with Gasteiger partial charge in [-0.1, -0.05) is 36.5 Å². The van der Waals surface area contributed by atoms with Gasteiger partial charge in [-0.2, -0.15) is 10.5 Å². The van der Waals surface area contributed by atoms with Crippen molar-refractivity contribution in [3.8, 4) is 12.1 Å². The number of rotatable bonds is 5. The predicted molar refractivity (Wildman–Crippen MR) is 83.9 cm³/mol. The molecule has 0 spiro atoms. The monoisotopic (exact) mass is 279 g/mol. The van der Waals surface area contributed by atoms with Crippen LogP contribution in [0, 0.1) is 34.0 Å². The first-order valence-electron chi connectivity index (χ1n) is 7.42. The molecule has 0 aromatic carbocycles. The van der Waals surface area contributed by atoms with Crippen molar-refractivity contribution in [3.05, 3.63) is 48.6 Å². The van der Waals surface area contributed by atoms with E-state index in [9.17, 15) is 10.5 Å². The van der Waals surface area contributed by atoms with Crippen LogP contribution in [0.15, 0.2) is 48.6 Å². The number of nitriles is 2. The third-order valence-electron chi connectivity index (χ3n) is 4.38. The summed E-state index contributed by atoms with van der Waals surface area (Å²) in [6, 6.07) is 5.14. The van der Waals surface area contributed by atoms with Crippen molar-refractivity contribution >= 4 is 0 Å². The topological polar surface area (TPSA) is 59.6 Å². The molecule has 2 aliphatic heterocycles. The molecule has 1 unspecified atom stereocenters. The first-order valence-corrected chi connectivity index (χ1v) is 7.42. The summed E-state index contributed by atoms with van der Waals surface area (Å²) in [5.41, 5.74) is -0.154. The number of hydrogen-bond donors (Lipinski definition) is 1. The molecule has 2 bridgehead atoms. The summed E-state index contributed by atoms with van der Waals surface area (Å²) < 4.78 is 0. The summed E-state index contributed by atoms with van der Waals surface area (Å²) in [5.74, 6) is 0.0677.